The van der Waals surface area contributed by atoms with Crippen LogP contribution in [0.1, 0.15) is 30.7 Å². The average Bonchev–Trinajstić information content (AvgIpc) is 3.69. The number of carbonyl (C=O) groups excluding carboxylic acids is 1. The molecule has 36 heavy (non-hydrogen) atoms. The number of amides is 1. The third kappa shape index (κ3) is 6.01. The van der Waals surface area contributed by atoms with Crippen LogP contribution in [0.2, 0.25) is 0 Å². The fourth-order valence-electron chi connectivity index (χ4n) is 4.63. The van der Waals surface area contributed by atoms with Crippen molar-refractivity contribution in [3.05, 3.63) is 91.0 Å². The van der Waals surface area contributed by atoms with Gasteiger partial charge < -0.3 is 10.0 Å². The van der Waals surface area contributed by atoms with Crippen molar-refractivity contribution >= 4 is 18.1 Å². The first-order valence-electron chi connectivity index (χ1n) is 12.0. The van der Waals surface area contributed by atoms with Gasteiger partial charge in [-0.05, 0) is 73.8 Å². The molecule has 2 aromatic carbocycles. The molecule has 1 fully saturated rings. The molecule has 0 aliphatic heterocycles. The number of carbonyl (C=O) groups is 2. The number of aliphatic carboxylic acids is 1. The lowest BCUT2D eigenvalue weighted by Crippen LogP contribution is -2.41. The Labute approximate surface area is 209 Å². The van der Waals surface area contributed by atoms with Gasteiger partial charge in [0.1, 0.15) is 11.9 Å². The van der Waals surface area contributed by atoms with Gasteiger partial charge in [0.15, 0.2) is 5.82 Å². The number of nitrogens with zero attached hydrogens (tertiary/aromatic N) is 4. The lowest BCUT2D eigenvalue weighted by atomic mass is 10.1. The standard InChI is InChI=1S/C28H29FN4O3/c1-2-16-32(26-18-24(26)20-6-10-22(29)11-7-20)17-3-5-25(28(35)36)33(19-34)23-12-8-21(9-13-23)27-30-14-4-15-31-27/h2,4,6-15,19,24-26H,1,3,5,16-18H2,(H,35,36)/t24-,25-,26+/m0/s1. The number of rotatable bonds is 13. The van der Waals surface area contributed by atoms with Crippen LogP contribution >= 0.6 is 0 Å². The summed E-state index contributed by atoms with van der Waals surface area (Å²) in [6.45, 7) is 5.21. The summed E-state index contributed by atoms with van der Waals surface area (Å²) >= 11 is 0. The highest BCUT2D eigenvalue weighted by atomic mass is 19.1. The predicted octanol–water partition coefficient (Wildman–Crippen LogP) is 4.52. The smallest absolute Gasteiger partial charge is 0.326 e. The number of hydrogen-bond acceptors (Lipinski definition) is 5. The van der Waals surface area contributed by atoms with Gasteiger partial charge in [0, 0.05) is 42.1 Å². The normalized spacial score (nSPS) is 17.4. The molecule has 0 radical (unpaired) electrons. The van der Waals surface area contributed by atoms with Crippen LogP contribution in [-0.4, -0.2) is 57.5 Å². The molecule has 0 unspecified atom stereocenters. The molecule has 1 N–H and O–H groups in total. The molecule has 3 aromatic rings. The maximum Gasteiger partial charge on any atom is 0.326 e. The summed E-state index contributed by atoms with van der Waals surface area (Å²) in [4.78, 5) is 36.0. The van der Waals surface area contributed by atoms with Crippen molar-refractivity contribution in [1.29, 1.82) is 0 Å². The molecule has 8 heteroatoms. The van der Waals surface area contributed by atoms with Crippen LogP contribution < -0.4 is 4.90 Å². The second kappa shape index (κ2) is 11.7. The van der Waals surface area contributed by atoms with Crippen molar-refractivity contribution in [1.82, 2.24) is 14.9 Å². The number of hydrogen-bond donors (Lipinski definition) is 1. The molecule has 0 spiro atoms. The summed E-state index contributed by atoms with van der Waals surface area (Å²) in [6, 6.07) is 14.6. The van der Waals surface area contributed by atoms with Crippen molar-refractivity contribution < 1.29 is 19.1 Å². The van der Waals surface area contributed by atoms with Gasteiger partial charge in [0.05, 0.1) is 0 Å². The Bertz CT molecular complexity index is 1170. The van der Waals surface area contributed by atoms with E-state index in [1.54, 1.807) is 42.7 Å². The van der Waals surface area contributed by atoms with Crippen LogP contribution in [0.3, 0.4) is 0 Å². The van der Waals surface area contributed by atoms with E-state index in [1.807, 2.05) is 18.2 Å². The minimum atomic E-state index is -1.05. The maximum absolute atomic E-state index is 13.3. The zero-order valence-corrected chi connectivity index (χ0v) is 19.9. The number of carboxylic acids is 1. The van der Waals surface area contributed by atoms with Crippen LogP contribution in [-0.2, 0) is 9.59 Å². The van der Waals surface area contributed by atoms with Gasteiger partial charge in [-0.1, -0.05) is 18.2 Å². The van der Waals surface area contributed by atoms with Gasteiger partial charge >= 0.3 is 5.97 Å². The summed E-state index contributed by atoms with van der Waals surface area (Å²) in [5.41, 5.74) is 2.38. The molecule has 1 saturated carbocycles. The molecule has 4 rings (SSSR count). The molecule has 1 amide bonds. The van der Waals surface area contributed by atoms with E-state index in [0.29, 0.717) is 55.8 Å². The third-order valence-electron chi connectivity index (χ3n) is 6.53. The van der Waals surface area contributed by atoms with Crippen LogP contribution in [0.15, 0.2) is 79.6 Å². The second-order valence-corrected chi connectivity index (χ2v) is 8.87. The van der Waals surface area contributed by atoms with E-state index in [4.69, 9.17) is 0 Å². The molecule has 186 valence electrons. The Morgan fingerprint density at radius 3 is 2.44 bits per heavy atom. The number of aromatic nitrogens is 2. The number of benzene rings is 2. The Balaban J connectivity index is 1.38. The minimum Gasteiger partial charge on any atom is -0.480 e. The van der Waals surface area contributed by atoms with E-state index < -0.39 is 12.0 Å². The average molecular weight is 489 g/mol. The molecule has 0 bridgehead atoms. The molecule has 3 atom stereocenters. The summed E-state index contributed by atoms with van der Waals surface area (Å²) in [7, 11) is 0. The lowest BCUT2D eigenvalue weighted by Gasteiger charge is -2.27. The first-order valence-corrected chi connectivity index (χ1v) is 12.0. The summed E-state index contributed by atoms with van der Waals surface area (Å²) in [5, 5.41) is 9.89. The summed E-state index contributed by atoms with van der Waals surface area (Å²) in [6.07, 6.45) is 7.57. The van der Waals surface area contributed by atoms with E-state index in [1.165, 1.54) is 17.0 Å². The van der Waals surface area contributed by atoms with Crippen LogP contribution in [0, 0.1) is 5.82 Å². The first-order chi connectivity index (χ1) is 17.5. The van der Waals surface area contributed by atoms with Crippen LogP contribution in [0.5, 0.6) is 0 Å². The molecule has 7 nitrogen and oxygen atoms in total. The van der Waals surface area contributed by atoms with E-state index in [2.05, 4.69) is 21.4 Å². The van der Waals surface area contributed by atoms with Crippen molar-refractivity contribution in [3.63, 3.8) is 0 Å². The van der Waals surface area contributed by atoms with Crippen molar-refractivity contribution in [2.24, 2.45) is 0 Å². The van der Waals surface area contributed by atoms with E-state index >= 15 is 0 Å². The summed E-state index contributed by atoms with van der Waals surface area (Å²) < 4.78 is 13.3. The van der Waals surface area contributed by atoms with Gasteiger partial charge in [0.2, 0.25) is 6.41 Å². The van der Waals surface area contributed by atoms with Gasteiger partial charge in [0.25, 0.3) is 0 Å². The Kier molecular flexibility index (Phi) is 8.17. The highest BCUT2D eigenvalue weighted by Gasteiger charge is 2.42. The monoisotopic (exact) mass is 488 g/mol. The minimum absolute atomic E-state index is 0.249. The molecule has 1 aromatic heterocycles. The van der Waals surface area contributed by atoms with E-state index in [-0.39, 0.29) is 5.82 Å². The second-order valence-electron chi connectivity index (χ2n) is 8.87. The number of anilines is 1. The maximum atomic E-state index is 13.3. The summed E-state index contributed by atoms with van der Waals surface area (Å²) in [5.74, 6) is -0.415. The molecular formula is C28H29FN4O3. The van der Waals surface area contributed by atoms with Gasteiger partial charge in [-0.15, -0.1) is 6.58 Å². The van der Waals surface area contributed by atoms with E-state index in [0.717, 1.165) is 17.5 Å². The van der Waals surface area contributed by atoms with Crippen molar-refractivity contribution in [3.8, 4) is 11.4 Å². The Morgan fingerprint density at radius 2 is 1.83 bits per heavy atom. The predicted molar refractivity (Wildman–Crippen MR) is 136 cm³/mol. The fourth-order valence-corrected chi connectivity index (χ4v) is 4.63. The largest absolute Gasteiger partial charge is 0.480 e. The topological polar surface area (TPSA) is 86.6 Å². The molecule has 1 aliphatic rings. The van der Waals surface area contributed by atoms with Crippen LogP contribution in [0.4, 0.5) is 10.1 Å². The van der Waals surface area contributed by atoms with Crippen molar-refractivity contribution in [2.75, 3.05) is 18.0 Å². The first kappa shape index (κ1) is 25.2. The highest BCUT2D eigenvalue weighted by Crippen LogP contribution is 2.44. The Morgan fingerprint density at radius 1 is 1.14 bits per heavy atom. The molecule has 0 saturated heterocycles. The van der Waals surface area contributed by atoms with Crippen molar-refractivity contribution in [2.45, 2.75) is 37.3 Å². The van der Waals surface area contributed by atoms with Gasteiger partial charge in [-0.2, -0.15) is 0 Å². The lowest BCUT2D eigenvalue weighted by molar-refractivity contribution is -0.139. The van der Waals surface area contributed by atoms with E-state index in [9.17, 15) is 19.1 Å². The highest BCUT2D eigenvalue weighted by molar-refractivity contribution is 5.88. The third-order valence-corrected chi connectivity index (χ3v) is 6.53. The molecule has 1 aliphatic carbocycles. The Hall–Kier alpha value is -3.91. The van der Waals surface area contributed by atoms with Gasteiger partial charge in [-0.3, -0.25) is 9.69 Å². The zero-order chi connectivity index (χ0) is 25.5. The SMILES string of the molecule is C=CCN(CCC[C@@H](C(=O)O)N(C=O)c1ccc(-c2ncccn2)cc1)[C@@H]1C[C@H]1c1ccc(F)cc1. The zero-order valence-electron chi connectivity index (χ0n) is 19.9. The fraction of sp³-hybridized carbons (Fsp3) is 0.286. The number of carboxylic acid groups (broad SMARTS) is 1. The quantitative estimate of drug-likeness (QED) is 0.281. The number of halogens is 1. The molecular weight excluding hydrogens is 459 g/mol. The van der Waals surface area contributed by atoms with Crippen LogP contribution in [0.25, 0.3) is 11.4 Å². The molecule has 1 heterocycles. The van der Waals surface area contributed by atoms with Gasteiger partial charge in [-0.25, -0.2) is 19.2 Å².